The van der Waals surface area contributed by atoms with E-state index in [0.29, 0.717) is 64.5 Å². The second kappa shape index (κ2) is 22.0. The minimum absolute atomic E-state index is 0.0293. The molecule has 0 atom stereocenters. The highest BCUT2D eigenvalue weighted by molar-refractivity contribution is 6.09. The number of halogens is 6. The zero-order chi connectivity index (χ0) is 59.1. The van der Waals surface area contributed by atoms with Gasteiger partial charge in [0.2, 0.25) is 0 Å². The van der Waals surface area contributed by atoms with Crippen molar-refractivity contribution in [1.82, 2.24) is 9.55 Å². The van der Waals surface area contributed by atoms with Crippen molar-refractivity contribution in [1.29, 1.82) is 0 Å². The van der Waals surface area contributed by atoms with Crippen molar-refractivity contribution in [2.75, 3.05) is 16.5 Å². The maximum atomic E-state index is 16.6. The van der Waals surface area contributed by atoms with Crippen molar-refractivity contribution in [2.45, 2.75) is 128 Å². The zero-order valence-corrected chi connectivity index (χ0v) is 48.9. The van der Waals surface area contributed by atoms with Gasteiger partial charge in [0.25, 0.3) is 0 Å². The highest BCUT2D eigenvalue weighted by Gasteiger charge is 2.37. The lowest BCUT2D eigenvalue weighted by atomic mass is 9.75. The van der Waals surface area contributed by atoms with E-state index in [9.17, 15) is 8.78 Å². The summed E-state index contributed by atoms with van der Waals surface area (Å²) in [6.07, 6.45) is 13.2. The Morgan fingerprint density at radius 1 is 0.459 bits per heavy atom. The van der Waals surface area contributed by atoms with Crippen LogP contribution in [-0.4, -0.2) is 16.2 Å². The fraction of sp³-hybridized carbons (Fsp3) is 0.284. The Morgan fingerprint density at radius 3 is 1.58 bits per heavy atom. The fourth-order valence-electron chi connectivity index (χ4n) is 13.7. The molecule has 0 N–H and O–H groups in total. The summed E-state index contributed by atoms with van der Waals surface area (Å²) in [7, 11) is 0. The van der Waals surface area contributed by atoms with Gasteiger partial charge in [0, 0.05) is 70.2 Å². The lowest BCUT2D eigenvalue weighted by Gasteiger charge is -2.31. The molecule has 0 bridgehead atoms. The SMILES string of the molecule is CC(C)(C)c1ccnc(-n2c3ccccc3c3ccc(Oc4cc(-c5c(C6CCCCC6)cccc5C5CCCCC5)cc(N5CN(c6c(-c7c(F)cc(F)cc7F)cc(C(C)(C)C)cc6-c6c(F)cc(F)cc6F)c6ccccc65)c4)cc32)c1. The molecule has 0 spiro atoms. The molecule has 8 aromatic carbocycles. The number of para-hydroxylation sites is 3. The van der Waals surface area contributed by atoms with E-state index >= 15 is 17.6 Å². The molecule has 10 aromatic rings. The van der Waals surface area contributed by atoms with E-state index in [-0.39, 0.29) is 28.9 Å². The van der Waals surface area contributed by atoms with E-state index in [0.717, 1.165) is 95.8 Å². The quantitative estimate of drug-likeness (QED) is 0.128. The van der Waals surface area contributed by atoms with Crippen LogP contribution in [0.5, 0.6) is 11.5 Å². The predicted octanol–water partition coefficient (Wildman–Crippen LogP) is 21.7. The zero-order valence-electron chi connectivity index (χ0n) is 48.9. The van der Waals surface area contributed by atoms with Gasteiger partial charge in [0.05, 0.1) is 39.2 Å². The molecule has 2 saturated carbocycles. The summed E-state index contributed by atoms with van der Waals surface area (Å²) in [5, 5.41) is 2.13. The van der Waals surface area contributed by atoms with Crippen molar-refractivity contribution >= 4 is 44.6 Å². The molecule has 3 aliphatic rings. The third kappa shape index (κ3) is 10.4. The summed E-state index contributed by atoms with van der Waals surface area (Å²) in [5.41, 5.74) is 8.25. The molecule has 0 saturated heterocycles. The summed E-state index contributed by atoms with van der Waals surface area (Å²) in [6, 6.07) is 45.2. The van der Waals surface area contributed by atoms with Gasteiger partial charge in [-0.1, -0.05) is 129 Å². The second-order valence-electron chi connectivity index (χ2n) is 25.6. The van der Waals surface area contributed by atoms with Crippen molar-refractivity contribution in [3.05, 3.63) is 215 Å². The van der Waals surface area contributed by atoms with Crippen LogP contribution < -0.4 is 14.5 Å². The Morgan fingerprint density at radius 2 is 1.00 bits per heavy atom. The molecule has 2 aromatic heterocycles. The molecule has 2 fully saturated rings. The first-order chi connectivity index (χ1) is 40.9. The molecular formula is C74H68F6N4O. The lowest BCUT2D eigenvalue weighted by molar-refractivity contribution is 0.436. The number of benzene rings is 8. The van der Waals surface area contributed by atoms with E-state index in [4.69, 9.17) is 9.72 Å². The summed E-state index contributed by atoms with van der Waals surface area (Å²) in [4.78, 5) is 8.82. The molecule has 0 radical (unpaired) electrons. The Labute approximate surface area is 493 Å². The topological polar surface area (TPSA) is 33.5 Å². The number of aromatic nitrogens is 2. The fourth-order valence-corrected chi connectivity index (χ4v) is 13.7. The molecule has 13 rings (SSSR count). The van der Waals surface area contributed by atoms with Gasteiger partial charge in [-0.25, -0.2) is 31.3 Å². The van der Waals surface area contributed by atoms with E-state index in [2.05, 4.69) is 97.0 Å². The molecule has 2 aliphatic carbocycles. The third-order valence-electron chi connectivity index (χ3n) is 18.0. The van der Waals surface area contributed by atoms with E-state index in [1.54, 1.807) is 17.0 Å². The second-order valence-corrected chi connectivity index (χ2v) is 25.6. The van der Waals surface area contributed by atoms with Crippen molar-refractivity contribution in [3.8, 4) is 50.7 Å². The minimum Gasteiger partial charge on any atom is -0.457 e. The number of fused-ring (bicyclic) bond motifs is 4. The number of nitrogens with zero attached hydrogens (tertiary/aromatic N) is 4. The van der Waals surface area contributed by atoms with Gasteiger partial charge in [0.1, 0.15) is 58.9 Å². The van der Waals surface area contributed by atoms with Crippen LogP contribution in [-0.2, 0) is 10.8 Å². The van der Waals surface area contributed by atoms with Crippen LogP contribution >= 0.6 is 0 Å². The number of anilines is 4. The maximum Gasteiger partial charge on any atom is 0.137 e. The van der Waals surface area contributed by atoms with Gasteiger partial charge in [-0.05, 0) is 148 Å². The molecule has 432 valence electrons. The third-order valence-corrected chi connectivity index (χ3v) is 18.0. The Hall–Kier alpha value is -8.31. The van der Waals surface area contributed by atoms with Gasteiger partial charge in [-0.2, -0.15) is 0 Å². The Kier molecular flexibility index (Phi) is 14.4. The lowest BCUT2D eigenvalue weighted by Crippen LogP contribution is -2.26. The van der Waals surface area contributed by atoms with Crippen LogP contribution in [0.1, 0.15) is 140 Å². The average molecular weight is 1140 g/mol. The molecule has 11 heteroatoms. The number of hydrogen-bond donors (Lipinski definition) is 0. The van der Waals surface area contributed by atoms with E-state index < -0.39 is 51.4 Å². The van der Waals surface area contributed by atoms with Crippen LogP contribution in [0.15, 0.2) is 158 Å². The predicted molar refractivity (Wildman–Crippen MR) is 332 cm³/mol. The van der Waals surface area contributed by atoms with Crippen molar-refractivity contribution < 1.29 is 31.1 Å². The molecule has 85 heavy (non-hydrogen) atoms. The molecule has 0 amide bonds. The average Bonchev–Trinajstić information content (AvgIpc) is 2.03. The summed E-state index contributed by atoms with van der Waals surface area (Å²) in [5.74, 6) is -4.39. The first-order valence-corrected chi connectivity index (χ1v) is 30.0. The van der Waals surface area contributed by atoms with E-state index in [1.165, 1.54) is 29.5 Å². The monoisotopic (exact) mass is 1140 g/mol. The Bertz CT molecular complexity index is 4070. The molecular weight excluding hydrogens is 1070 g/mol. The van der Waals surface area contributed by atoms with Crippen molar-refractivity contribution in [3.63, 3.8) is 0 Å². The van der Waals surface area contributed by atoms with Crippen LogP contribution in [0.2, 0.25) is 0 Å². The molecule has 3 heterocycles. The molecule has 5 nitrogen and oxygen atoms in total. The van der Waals surface area contributed by atoms with Crippen LogP contribution in [0.4, 0.5) is 49.1 Å². The van der Waals surface area contributed by atoms with Crippen LogP contribution in [0.3, 0.4) is 0 Å². The number of rotatable bonds is 10. The first kappa shape index (κ1) is 55.9. The largest absolute Gasteiger partial charge is 0.457 e. The smallest absolute Gasteiger partial charge is 0.137 e. The van der Waals surface area contributed by atoms with E-state index in [1.807, 2.05) is 75.5 Å². The standard InChI is InChI=1S/C74H68F6N4O/c1-73(2,3)47-30-31-81-68(36-47)84-64-25-14-13-22-56(64)57-29-28-52(42-67(57)84)85-53-33-46(69-54(44-18-9-7-10-19-44)23-17-24-55(69)45-20-11-8-12-21-45)32-51(41-53)82-43-83(66-27-16-15-26-65(66)82)72-58(70-60(77)37-49(75)38-61(70)78)34-48(74(4,5)6)35-59(72)71-62(79)39-50(76)40-63(71)80/h13-17,22-42,44-45H,7-12,18-21,43H2,1-6H3. The van der Waals surface area contributed by atoms with Gasteiger partial charge < -0.3 is 14.5 Å². The van der Waals surface area contributed by atoms with Crippen LogP contribution in [0, 0.1) is 34.9 Å². The number of pyridine rings is 1. The highest BCUT2D eigenvalue weighted by Crippen LogP contribution is 2.55. The van der Waals surface area contributed by atoms with Gasteiger partial charge >= 0.3 is 0 Å². The Balaban J connectivity index is 1.04. The summed E-state index contributed by atoms with van der Waals surface area (Å²) < 4.78 is 106. The maximum absolute atomic E-state index is 16.6. The summed E-state index contributed by atoms with van der Waals surface area (Å²) >= 11 is 0. The normalized spacial score (nSPS) is 15.3. The number of hydrogen-bond acceptors (Lipinski definition) is 4. The number of ether oxygens (including phenoxy) is 1. The van der Waals surface area contributed by atoms with Gasteiger partial charge in [-0.15, -0.1) is 0 Å². The highest BCUT2D eigenvalue weighted by atomic mass is 19.2. The first-order valence-electron chi connectivity index (χ1n) is 30.0. The van der Waals surface area contributed by atoms with Gasteiger partial charge in [-0.3, -0.25) is 4.57 Å². The molecule has 1 aliphatic heterocycles. The minimum atomic E-state index is -1.20. The molecule has 0 unspecified atom stereocenters. The van der Waals surface area contributed by atoms with Crippen molar-refractivity contribution in [2.24, 2.45) is 0 Å². The van der Waals surface area contributed by atoms with Gasteiger partial charge in [0.15, 0.2) is 0 Å². The summed E-state index contributed by atoms with van der Waals surface area (Å²) in [6.45, 7) is 12.2. The van der Waals surface area contributed by atoms with Crippen LogP contribution in [0.25, 0.3) is 61.0 Å².